The number of nitrogens with one attached hydrogen (secondary N) is 2. The van der Waals surface area contributed by atoms with Crippen molar-refractivity contribution in [3.05, 3.63) is 78.0 Å². The van der Waals surface area contributed by atoms with Crippen LogP contribution in [0, 0.1) is 11.3 Å². The van der Waals surface area contributed by atoms with Crippen molar-refractivity contribution in [2.75, 3.05) is 25.4 Å². The third-order valence-electron chi connectivity index (χ3n) is 6.89. The Morgan fingerprint density at radius 1 is 1.13 bits per heavy atom. The minimum atomic E-state index is -1.65. The standard InChI is InChI=1S/C28H35N7O2S/c29-12-9-19-10-13-35(14-11-19)28(36)25(16-20-3-1-5-22(15-20)27(31)32)34-38(37)24-6-2-4-21(17-24)23-7-8-26(30)33-18-23/h1-8,15,17-19,25,34H,9-14,16,29H2,(H2,30,33)(H3,31,32). The summed E-state index contributed by atoms with van der Waals surface area (Å²) in [6.07, 6.45) is 4.78. The Bertz CT molecular complexity index is 1250. The first kappa shape index (κ1) is 27.6. The first-order valence-corrected chi connectivity index (χ1v) is 13.9. The molecule has 1 aliphatic heterocycles. The number of anilines is 1. The SMILES string of the molecule is N=C(N)c1cccc(CC(N[S+]([O-])c2cccc(-c3ccc(N)nc3)c2)C(=O)N2CCC(CCN)CC2)c1. The van der Waals surface area contributed by atoms with Crippen molar-refractivity contribution in [3.63, 3.8) is 0 Å². The van der Waals surface area contributed by atoms with Gasteiger partial charge in [-0.1, -0.05) is 30.3 Å². The second-order valence-corrected chi connectivity index (χ2v) is 10.8. The van der Waals surface area contributed by atoms with Crippen LogP contribution in [-0.4, -0.2) is 51.9 Å². The predicted octanol–water partition coefficient (Wildman–Crippen LogP) is 2.43. The van der Waals surface area contributed by atoms with Gasteiger partial charge in [0.25, 0.3) is 0 Å². The van der Waals surface area contributed by atoms with E-state index in [0.29, 0.717) is 48.2 Å². The van der Waals surface area contributed by atoms with Crippen molar-refractivity contribution >= 4 is 28.9 Å². The molecule has 2 heterocycles. The molecule has 9 nitrogen and oxygen atoms in total. The Morgan fingerprint density at radius 3 is 2.58 bits per heavy atom. The highest BCUT2D eigenvalue weighted by Crippen LogP contribution is 2.24. The lowest BCUT2D eigenvalue weighted by atomic mass is 9.93. The highest BCUT2D eigenvalue weighted by Gasteiger charge is 2.32. The molecule has 1 aliphatic rings. The van der Waals surface area contributed by atoms with Crippen molar-refractivity contribution in [1.82, 2.24) is 14.6 Å². The van der Waals surface area contributed by atoms with Crippen LogP contribution in [0.3, 0.4) is 0 Å². The maximum absolute atomic E-state index is 13.7. The monoisotopic (exact) mass is 533 g/mol. The number of rotatable bonds is 10. The maximum atomic E-state index is 13.7. The Hall–Kier alpha value is -3.44. The minimum absolute atomic E-state index is 0.0396. The van der Waals surface area contributed by atoms with Crippen LogP contribution in [0.4, 0.5) is 5.82 Å². The van der Waals surface area contributed by atoms with Gasteiger partial charge < -0.3 is 26.7 Å². The van der Waals surface area contributed by atoms with E-state index >= 15 is 0 Å². The second kappa shape index (κ2) is 12.9. The number of nitrogen functional groups attached to an aromatic ring is 2. The zero-order valence-electron chi connectivity index (χ0n) is 21.3. The summed E-state index contributed by atoms with van der Waals surface area (Å²) < 4.78 is 16.6. The molecule has 0 bridgehead atoms. The molecule has 4 rings (SSSR count). The number of nitrogens with two attached hydrogens (primary N) is 3. The molecule has 0 aliphatic carbocycles. The topological polar surface area (TPSA) is 170 Å². The first-order valence-electron chi connectivity index (χ1n) is 12.8. The summed E-state index contributed by atoms with van der Waals surface area (Å²) in [6, 6.07) is 17.5. The lowest BCUT2D eigenvalue weighted by Crippen LogP contribution is -2.51. The number of likely N-dealkylation sites (tertiary alicyclic amines) is 1. The molecule has 0 radical (unpaired) electrons. The summed E-state index contributed by atoms with van der Waals surface area (Å²) in [6.45, 7) is 1.96. The van der Waals surface area contributed by atoms with Crippen molar-refractivity contribution in [3.8, 4) is 11.1 Å². The van der Waals surface area contributed by atoms with E-state index < -0.39 is 17.4 Å². The van der Waals surface area contributed by atoms with Gasteiger partial charge in [0.15, 0.2) is 4.90 Å². The van der Waals surface area contributed by atoms with Crippen LogP contribution in [0.5, 0.6) is 0 Å². The minimum Gasteiger partial charge on any atom is -0.593 e. The lowest BCUT2D eigenvalue weighted by Gasteiger charge is -2.34. The molecular weight excluding hydrogens is 498 g/mol. The van der Waals surface area contributed by atoms with E-state index in [2.05, 4.69) is 9.71 Å². The number of carbonyl (C=O) groups is 1. The summed E-state index contributed by atoms with van der Waals surface area (Å²) in [5.41, 5.74) is 20.2. The maximum Gasteiger partial charge on any atom is 0.244 e. The van der Waals surface area contributed by atoms with Gasteiger partial charge in [-0.15, -0.1) is 4.72 Å². The fourth-order valence-electron chi connectivity index (χ4n) is 4.74. The molecule has 8 N–H and O–H groups in total. The zero-order chi connectivity index (χ0) is 27.1. The van der Waals surface area contributed by atoms with Gasteiger partial charge in [-0.25, -0.2) is 4.98 Å². The van der Waals surface area contributed by atoms with E-state index in [9.17, 15) is 9.35 Å². The number of hydrogen-bond acceptors (Lipinski definition) is 7. The number of amides is 1. The third kappa shape index (κ3) is 7.11. The molecule has 38 heavy (non-hydrogen) atoms. The molecule has 200 valence electrons. The number of pyridine rings is 1. The van der Waals surface area contributed by atoms with Gasteiger partial charge >= 0.3 is 0 Å². The van der Waals surface area contributed by atoms with E-state index in [4.69, 9.17) is 22.6 Å². The van der Waals surface area contributed by atoms with Crippen LogP contribution in [-0.2, 0) is 22.6 Å². The summed E-state index contributed by atoms with van der Waals surface area (Å²) in [5.74, 6) is 0.832. The number of aromatic nitrogens is 1. The van der Waals surface area contributed by atoms with Gasteiger partial charge in [-0.3, -0.25) is 10.2 Å². The van der Waals surface area contributed by atoms with Crippen LogP contribution in [0.15, 0.2) is 71.8 Å². The van der Waals surface area contributed by atoms with Crippen molar-refractivity contribution in [2.45, 2.75) is 36.6 Å². The summed E-state index contributed by atoms with van der Waals surface area (Å²) in [4.78, 5) is 20.2. The highest BCUT2D eigenvalue weighted by molar-refractivity contribution is 7.89. The molecule has 2 atom stereocenters. The number of piperidine rings is 1. The molecule has 1 amide bonds. The molecule has 1 aromatic heterocycles. The molecule has 0 saturated carbocycles. The van der Waals surface area contributed by atoms with Crippen molar-refractivity contribution in [1.29, 1.82) is 5.41 Å². The summed E-state index contributed by atoms with van der Waals surface area (Å²) in [7, 11) is 0. The average Bonchev–Trinajstić information content (AvgIpc) is 2.93. The highest BCUT2D eigenvalue weighted by atomic mass is 32.2. The number of hydrogen-bond donors (Lipinski definition) is 5. The van der Waals surface area contributed by atoms with Crippen LogP contribution >= 0.6 is 0 Å². The average molecular weight is 534 g/mol. The Balaban J connectivity index is 1.54. The Labute approximate surface area is 226 Å². The van der Waals surface area contributed by atoms with Gasteiger partial charge in [0.1, 0.15) is 17.7 Å². The van der Waals surface area contributed by atoms with Gasteiger partial charge in [0.2, 0.25) is 5.91 Å². The molecule has 3 aromatic rings. The van der Waals surface area contributed by atoms with Crippen molar-refractivity contribution in [2.24, 2.45) is 17.4 Å². The Kier molecular flexibility index (Phi) is 9.35. The first-order chi connectivity index (χ1) is 18.3. The van der Waals surface area contributed by atoms with E-state index in [-0.39, 0.29) is 11.7 Å². The predicted molar refractivity (Wildman–Crippen MR) is 152 cm³/mol. The lowest BCUT2D eigenvalue weighted by molar-refractivity contribution is -0.134. The van der Waals surface area contributed by atoms with Crippen LogP contribution in [0.1, 0.15) is 30.4 Å². The fraction of sp³-hybridized carbons (Fsp3) is 0.321. The normalized spacial score (nSPS) is 15.7. The number of amidine groups is 1. The largest absolute Gasteiger partial charge is 0.593 e. The quantitative estimate of drug-likeness (QED) is 0.151. The molecule has 2 unspecified atom stereocenters. The zero-order valence-corrected chi connectivity index (χ0v) is 22.1. The smallest absolute Gasteiger partial charge is 0.244 e. The fourth-order valence-corrected chi connectivity index (χ4v) is 5.76. The van der Waals surface area contributed by atoms with Gasteiger partial charge in [-0.05, 0) is 67.1 Å². The number of nitrogens with zero attached hydrogens (tertiary/aromatic N) is 2. The Morgan fingerprint density at radius 2 is 1.89 bits per heavy atom. The van der Waals surface area contributed by atoms with Gasteiger partial charge in [0.05, 0.1) is 11.4 Å². The number of benzene rings is 2. The molecular formula is C28H35N7O2S. The van der Waals surface area contributed by atoms with Gasteiger partial charge in [-0.2, -0.15) is 0 Å². The van der Waals surface area contributed by atoms with E-state index in [1.54, 1.807) is 30.5 Å². The summed E-state index contributed by atoms with van der Waals surface area (Å²) >= 11 is -1.65. The molecule has 0 spiro atoms. The van der Waals surface area contributed by atoms with Crippen LogP contribution in [0.2, 0.25) is 0 Å². The molecule has 1 fully saturated rings. The van der Waals surface area contributed by atoms with Gasteiger partial charge in [0, 0.05) is 42.9 Å². The second-order valence-electron chi connectivity index (χ2n) is 9.60. The molecule has 10 heteroatoms. The van der Waals surface area contributed by atoms with E-state index in [0.717, 1.165) is 36.0 Å². The number of carbonyl (C=O) groups excluding carboxylic acids is 1. The van der Waals surface area contributed by atoms with Crippen LogP contribution < -0.4 is 21.9 Å². The molecule has 1 saturated heterocycles. The molecule has 2 aromatic carbocycles. The van der Waals surface area contributed by atoms with Crippen LogP contribution in [0.25, 0.3) is 11.1 Å². The summed E-state index contributed by atoms with van der Waals surface area (Å²) in [5, 5.41) is 7.76. The van der Waals surface area contributed by atoms with E-state index in [1.807, 2.05) is 41.3 Å². The third-order valence-corrected chi connectivity index (χ3v) is 8.07. The van der Waals surface area contributed by atoms with Crippen molar-refractivity contribution < 1.29 is 9.35 Å². The van der Waals surface area contributed by atoms with E-state index in [1.165, 1.54) is 0 Å².